The van der Waals surface area contributed by atoms with E-state index in [-0.39, 0.29) is 17.7 Å². The largest absolute Gasteiger partial charge is 0.369 e. The zero-order valence-electron chi connectivity index (χ0n) is 11.9. The standard InChI is InChI=1S/C14H27N3O2/c1-2-3-11(6-8-15)4-5-13(18)17-9-7-12(10-17)14(16)19/h11-12H,2-10,15H2,1H3,(H2,16,19). The molecule has 1 aliphatic rings. The van der Waals surface area contributed by atoms with Crippen LogP contribution in [0.1, 0.15) is 45.4 Å². The van der Waals surface area contributed by atoms with Gasteiger partial charge in [-0.05, 0) is 31.7 Å². The summed E-state index contributed by atoms with van der Waals surface area (Å²) in [5.74, 6) is 0.261. The van der Waals surface area contributed by atoms with Gasteiger partial charge in [0.05, 0.1) is 5.92 Å². The maximum absolute atomic E-state index is 12.1. The van der Waals surface area contributed by atoms with Crippen LogP contribution in [0.2, 0.25) is 0 Å². The van der Waals surface area contributed by atoms with Gasteiger partial charge in [0.25, 0.3) is 0 Å². The van der Waals surface area contributed by atoms with E-state index in [2.05, 4.69) is 6.92 Å². The van der Waals surface area contributed by atoms with Crippen LogP contribution < -0.4 is 11.5 Å². The normalized spacial score (nSPS) is 20.5. The van der Waals surface area contributed by atoms with Crippen LogP contribution in [0, 0.1) is 11.8 Å². The molecule has 0 aliphatic carbocycles. The van der Waals surface area contributed by atoms with Crippen LogP contribution in [0.25, 0.3) is 0 Å². The third kappa shape index (κ3) is 5.19. The summed E-state index contributed by atoms with van der Waals surface area (Å²) in [6, 6.07) is 0. The second-order valence-electron chi connectivity index (χ2n) is 5.50. The van der Waals surface area contributed by atoms with Crippen molar-refractivity contribution in [2.75, 3.05) is 19.6 Å². The molecule has 1 rings (SSSR count). The Morgan fingerprint density at radius 3 is 2.58 bits per heavy atom. The first-order valence-corrected chi connectivity index (χ1v) is 7.35. The van der Waals surface area contributed by atoms with Crippen LogP contribution in [0.15, 0.2) is 0 Å². The fourth-order valence-corrected chi connectivity index (χ4v) is 2.78. The van der Waals surface area contributed by atoms with E-state index in [1.807, 2.05) is 0 Å². The van der Waals surface area contributed by atoms with Crippen LogP contribution >= 0.6 is 0 Å². The summed E-state index contributed by atoms with van der Waals surface area (Å²) in [5.41, 5.74) is 10.9. The molecule has 0 aromatic carbocycles. The van der Waals surface area contributed by atoms with Gasteiger partial charge in [0.1, 0.15) is 0 Å². The van der Waals surface area contributed by atoms with Crippen molar-refractivity contribution in [1.29, 1.82) is 0 Å². The van der Waals surface area contributed by atoms with E-state index in [4.69, 9.17) is 11.5 Å². The molecular formula is C14H27N3O2. The van der Waals surface area contributed by atoms with Crippen molar-refractivity contribution in [2.45, 2.75) is 45.4 Å². The topological polar surface area (TPSA) is 89.4 Å². The molecule has 0 aromatic heterocycles. The molecule has 4 N–H and O–H groups in total. The lowest BCUT2D eigenvalue weighted by molar-refractivity contribution is -0.130. The highest BCUT2D eigenvalue weighted by atomic mass is 16.2. The van der Waals surface area contributed by atoms with Gasteiger partial charge < -0.3 is 16.4 Å². The zero-order valence-corrected chi connectivity index (χ0v) is 11.9. The van der Waals surface area contributed by atoms with E-state index < -0.39 is 0 Å². The number of rotatable bonds is 8. The lowest BCUT2D eigenvalue weighted by Gasteiger charge is -2.19. The van der Waals surface area contributed by atoms with Gasteiger partial charge in [0.15, 0.2) is 0 Å². The smallest absolute Gasteiger partial charge is 0.222 e. The lowest BCUT2D eigenvalue weighted by Crippen LogP contribution is -2.31. The number of nitrogens with two attached hydrogens (primary N) is 2. The van der Waals surface area contributed by atoms with Crippen LogP contribution in [0.5, 0.6) is 0 Å². The van der Waals surface area contributed by atoms with Crippen molar-refractivity contribution in [3.63, 3.8) is 0 Å². The van der Waals surface area contributed by atoms with Crippen molar-refractivity contribution in [3.05, 3.63) is 0 Å². The predicted molar refractivity (Wildman–Crippen MR) is 75.2 cm³/mol. The molecule has 0 bridgehead atoms. The fourth-order valence-electron chi connectivity index (χ4n) is 2.78. The SMILES string of the molecule is CCCC(CCN)CCC(=O)N1CCC(C(N)=O)C1. The predicted octanol–water partition coefficient (Wildman–Crippen LogP) is 0.866. The van der Waals surface area contributed by atoms with Crippen LogP contribution in [-0.4, -0.2) is 36.3 Å². The van der Waals surface area contributed by atoms with Crippen LogP contribution in [-0.2, 0) is 9.59 Å². The highest BCUT2D eigenvalue weighted by Gasteiger charge is 2.29. The summed E-state index contributed by atoms with van der Waals surface area (Å²) >= 11 is 0. The van der Waals surface area contributed by atoms with Gasteiger partial charge in [-0.1, -0.05) is 19.8 Å². The molecule has 2 atom stereocenters. The Morgan fingerprint density at radius 2 is 2.05 bits per heavy atom. The van der Waals surface area contributed by atoms with Crippen molar-refractivity contribution in [2.24, 2.45) is 23.3 Å². The maximum Gasteiger partial charge on any atom is 0.222 e. The Hall–Kier alpha value is -1.10. The second kappa shape index (κ2) is 8.15. The van der Waals surface area contributed by atoms with Gasteiger partial charge in [-0.25, -0.2) is 0 Å². The molecule has 0 spiro atoms. The fraction of sp³-hybridized carbons (Fsp3) is 0.857. The number of nitrogens with zero attached hydrogens (tertiary/aromatic N) is 1. The number of amides is 2. The molecule has 0 saturated carbocycles. The first kappa shape index (κ1) is 16.0. The van der Waals surface area contributed by atoms with Crippen LogP contribution in [0.3, 0.4) is 0 Å². The third-order valence-electron chi connectivity index (χ3n) is 3.98. The Kier molecular flexibility index (Phi) is 6.84. The minimum atomic E-state index is -0.290. The van der Waals surface area contributed by atoms with E-state index in [9.17, 15) is 9.59 Å². The summed E-state index contributed by atoms with van der Waals surface area (Å²) in [4.78, 5) is 24.9. The number of primary amides is 1. The second-order valence-corrected chi connectivity index (χ2v) is 5.50. The van der Waals surface area contributed by atoms with E-state index in [1.54, 1.807) is 4.90 Å². The lowest BCUT2D eigenvalue weighted by atomic mass is 9.94. The minimum Gasteiger partial charge on any atom is -0.369 e. The summed E-state index contributed by atoms with van der Waals surface area (Å²) in [7, 11) is 0. The van der Waals surface area contributed by atoms with Gasteiger partial charge in [0.2, 0.25) is 11.8 Å². The molecule has 1 fully saturated rings. The zero-order chi connectivity index (χ0) is 14.3. The quantitative estimate of drug-likeness (QED) is 0.685. The van der Waals surface area contributed by atoms with Gasteiger partial charge in [-0.2, -0.15) is 0 Å². The molecule has 5 nitrogen and oxygen atoms in total. The minimum absolute atomic E-state index is 0.153. The molecule has 5 heteroatoms. The van der Waals surface area contributed by atoms with Gasteiger partial charge in [0, 0.05) is 19.5 Å². The number of hydrogen-bond donors (Lipinski definition) is 2. The number of likely N-dealkylation sites (tertiary alicyclic amines) is 1. The van der Waals surface area contributed by atoms with Crippen LogP contribution in [0.4, 0.5) is 0 Å². The average molecular weight is 269 g/mol. The summed E-state index contributed by atoms with van der Waals surface area (Å²) < 4.78 is 0. The summed E-state index contributed by atoms with van der Waals surface area (Å²) in [6.45, 7) is 4.01. The molecule has 1 heterocycles. The Bertz CT molecular complexity index is 301. The molecule has 1 aliphatic heterocycles. The van der Waals surface area contributed by atoms with Gasteiger partial charge in [-0.3, -0.25) is 9.59 Å². The first-order chi connectivity index (χ1) is 9.08. The van der Waals surface area contributed by atoms with Crippen molar-refractivity contribution < 1.29 is 9.59 Å². The van der Waals surface area contributed by atoms with E-state index in [0.717, 1.165) is 25.7 Å². The van der Waals surface area contributed by atoms with Crippen molar-refractivity contribution in [1.82, 2.24) is 4.90 Å². The molecule has 0 radical (unpaired) electrons. The molecular weight excluding hydrogens is 242 g/mol. The monoisotopic (exact) mass is 269 g/mol. The molecule has 0 aromatic rings. The molecule has 110 valence electrons. The molecule has 19 heavy (non-hydrogen) atoms. The first-order valence-electron chi connectivity index (χ1n) is 7.35. The number of hydrogen-bond acceptors (Lipinski definition) is 3. The maximum atomic E-state index is 12.1. The summed E-state index contributed by atoms with van der Waals surface area (Å²) in [6.07, 6.45) is 5.44. The number of carbonyl (C=O) groups is 2. The van der Waals surface area contributed by atoms with Crippen molar-refractivity contribution in [3.8, 4) is 0 Å². The third-order valence-corrected chi connectivity index (χ3v) is 3.98. The van der Waals surface area contributed by atoms with Crippen molar-refractivity contribution >= 4 is 11.8 Å². The van der Waals surface area contributed by atoms with Gasteiger partial charge >= 0.3 is 0 Å². The Balaban J connectivity index is 2.32. The Morgan fingerprint density at radius 1 is 1.32 bits per heavy atom. The van der Waals surface area contributed by atoms with E-state index >= 15 is 0 Å². The van der Waals surface area contributed by atoms with Gasteiger partial charge in [-0.15, -0.1) is 0 Å². The summed E-state index contributed by atoms with van der Waals surface area (Å²) in [5, 5.41) is 0. The molecule has 2 unspecified atom stereocenters. The molecule has 2 amide bonds. The van der Waals surface area contributed by atoms with E-state index in [0.29, 0.717) is 38.4 Å². The Labute approximate surface area is 115 Å². The highest BCUT2D eigenvalue weighted by molar-refractivity contribution is 5.81. The number of carbonyl (C=O) groups excluding carboxylic acids is 2. The van der Waals surface area contributed by atoms with E-state index in [1.165, 1.54) is 0 Å². The average Bonchev–Trinajstić information content (AvgIpc) is 2.86. The molecule has 1 saturated heterocycles. The highest BCUT2D eigenvalue weighted by Crippen LogP contribution is 2.21.